The first-order valence-electron chi connectivity index (χ1n) is 7.62. The number of halogens is 2. The van der Waals surface area contributed by atoms with Crippen LogP contribution in [0, 0.1) is 5.82 Å². The van der Waals surface area contributed by atoms with Crippen molar-refractivity contribution < 1.29 is 4.39 Å². The molecule has 1 saturated heterocycles. The lowest BCUT2D eigenvalue weighted by Gasteiger charge is -2.36. The van der Waals surface area contributed by atoms with Crippen LogP contribution in [0.2, 0.25) is 5.02 Å². The Morgan fingerprint density at radius 2 is 2.05 bits per heavy atom. The molecule has 0 unspecified atom stereocenters. The first-order valence-corrected chi connectivity index (χ1v) is 8.00. The first-order chi connectivity index (χ1) is 9.74. The van der Waals surface area contributed by atoms with E-state index in [1.807, 2.05) is 0 Å². The van der Waals surface area contributed by atoms with Crippen molar-refractivity contribution in [3.05, 3.63) is 34.6 Å². The van der Waals surface area contributed by atoms with Crippen LogP contribution >= 0.6 is 11.6 Å². The second kappa shape index (κ2) is 7.96. The van der Waals surface area contributed by atoms with Crippen molar-refractivity contribution in [1.82, 2.24) is 10.2 Å². The van der Waals surface area contributed by atoms with Gasteiger partial charge in [0, 0.05) is 42.8 Å². The maximum atomic E-state index is 14.2. The highest BCUT2D eigenvalue weighted by atomic mass is 35.5. The zero-order valence-corrected chi connectivity index (χ0v) is 12.9. The molecule has 1 aromatic carbocycles. The van der Waals surface area contributed by atoms with E-state index >= 15 is 0 Å². The highest BCUT2D eigenvalue weighted by molar-refractivity contribution is 6.31. The smallest absolute Gasteiger partial charge is 0.129 e. The van der Waals surface area contributed by atoms with Crippen molar-refractivity contribution in [1.29, 1.82) is 0 Å². The molecular formula is C16H24ClFN2. The molecule has 20 heavy (non-hydrogen) atoms. The van der Waals surface area contributed by atoms with Gasteiger partial charge in [0.25, 0.3) is 0 Å². The van der Waals surface area contributed by atoms with Gasteiger partial charge in [-0.2, -0.15) is 0 Å². The number of rotatable bonds is 6. The van der Waals surface area contributed by atoms with Crippen molar-refractivity contribution in [3.8, 4) is 0 Å². The van der Waals surface area contributed by atoms with Gasteiger partial charge >= 0.3 is 0 Å². The number of nitrogens with zero attached hydrogens (tertiary/aromatic N) is 1. The monoisotopic (exact) mass is 298 g/mol. The molecule has 0 aliphatic carbocycles. The van der Waals surface area contributed by atoms with Crippen LogP contribution in [0.15, 0.2) is 18.2 Å². The predicted octanol–water partition coefficient (Wildman–Crippen LogP) is 4.01. The predicted molar refractivity (Wildman–Crippen MR) is 82.7 cm³/mol. The standard InChI is InChI=1S/C16H24ClFN2/c1-2-3-4-8-15(20-11-9-19-10-12-20)16-13(17)6-5-7-14(16)18/h5-7,15,19H,2-4,8-12H2,1H3/t15-/m1/s1. The zero-order chi connectivity index (χ0) is 14.4. The number of piperazine rings is 1. The molecule has 1 aromatic rings. The molecule has 1 atom stereocenters. The van der Waals surface area contributed by atoms with Gasteiger partial charge in [0.15, 0.2) is 0 Å². The summed E-state index contributed by atoms with van der Waals surface area (Å²) in [7, 11) is 0. The van der Waals surface area contributed by atoms with E-state index in [1.165, 1.54) is 18.9 Å². The summed E-state index contributed by atoms with van der Waals surface area (Å²) >= 11 is 6.27. The van der Waals surface area contributed by atoms with Gasteiger partial charge in [-0.15, -0.1) is 0 Å². The molecule has 112 valence electrons. The molecule has 2 nitrogen and oxygen atoms in total. The minimum Gasteiger partial charge on any atom is -0.314 e. The van der Waals surface area contributed by atoms with Crippen LogP contribution in [0.1, 0.15) is 44.2 Å². The maximum absolute atomic E-state index is 14.2. The Bertz CT molecular complexity index is 399. The number of hydrogen-bond donors (Lipinski definition) is 1. The molecule has 1 heterocycles. The zero-order valence-electron chi connectivity index (χ0n) is 12.2. The van der Waals surface area contributed by atoms with Crippen LogP contribution in [0.3, 0.4) is 0 Å². The lowest BCUT2D eigenvalue weighted by atomic mass is 9.97. The molecule has 0 radical (unpaired) electrons. The fraction of sp³-hybridized carbons (Fsp3) is 0.625. The summed E-state index contributed by atoms with van der Waals surface area (Å²) in [5, 5.41) is 3.91. The fourth-order valence-corrected chi connectivity index (χ4v) is 3.21. The average molecular weight is 299 g/mol. The minimum absolute atomic E-state index is 0.109. The lowest BCUT2D eigenvalue weighted by Crippen LogP contribution is -2.45. The molecule has 1 aliphatic rings. The van der Waals surface area contributed by atoms with E-state index in [1.54, 1.807) is 12.1 Å². The second-order valence-electron chi connectivity index (χ2n) is 5.43. The van der Waals surface area contributed by atoms with Crippen molar-refractivity contribution in [2.75, 3.05) is 26.2 Å². The van der Waals surface area contributed by atoms with E-state index in [0.717, 1.165) is 39.0 Å². The fourth-order valence-electron chi connectivity index (χ4n) is 2.92. The third-order valence-corrected chi connectivity index (χ3v) is 4.34. The van der Waals surface area contributed by atoms with Gasteiger partial charge in [0.1, 0.15) is 5.82 Å². The van der Waals surface area contributed by atoms with Crippen LogP contribution in [0.4, 0.5) is 4.39 Å². The van der Waals surface area contributed by atoms with Crippen molar-refractivity contribution in [3.63, 3.8) is 0 Å². The van der Waals surface area contributed by atoms with E-state index in [2.05, 4.69) is 17.1 Å². The van der Waals surface area contributed by atoms with Crippen LogP contribution in [-0.2, 0) is 0 Å². The molecule has 0 aromatic heterocycles. The van der Waals surface area contributed by atoms with Gasteiger partial charge in [-0.1, -0.05) is 43.9 Å². The third-order valence-electron chi connectivity index (χ3n) is 4.01. The van der Waals surface area contributed by atoms with Crippen LogP contribution in [0.5, 0.6) is 0 Å². The molecule has 0 spiro atoms. The Hall–Kier alpha value is -0.640. The summed E-state index contributed by atoms with van der Waals surface area (Å²) in [4.78, 5) is 2.37. The number of hydrogen-bond acceptors (Lipinski definition) is 2. The van der Waals surface area contributed by atoms with Gasteiger partial charge in [0.05, 0.1) is 0 Å². The topological polar surface area (TPSA) is 15.3 Å². The van der Waals surface area contributed by atoms with Crippen LogP contribution < -0.4 is 5.32 Å². The molecule has 1 N–H and O–H groups in total. The van der Waals surface area contributed by atoms with E-state index in [-0.39, 0.29) is 11.9 Å². The molecule has 0 amide bonds. The summed E-state index contributed by atoms with van der Waals surface area (Å²) in [5.74, 6) is -0.169. The normalized spacial score (nSPS) is 18.1. The summed E-state index contributed by atoms with van der Waals surface area (Å²) in [6, 6.07) is 5.12. The SMILES string of the molecule is CCCCC[C@H](c1c(F)cccc1Cl)N1CCNCC1. The molecule has 1 fully saturated rings. The highest BCUT2D eigenvalue weighted by Crippen LogP contribution is 2.33. The largest absolute Gasteiger partial charge is 0.314 e. The molecule has 4 heteroatoms. The minimum atomic E-state index is -0.169. The van der Waals surface area contributed by atoms with E-state index in [9.17, 15) is 4.39 Å². The molecular weight excluding hydrogens is 275 g/mol. The van der Waals surface area contributed by atoms with Gasteiger partial charge in [-0.25, -0.2) is 4.39 Å². The van der Waals surface area contributed by atoms with E-state index < -0.39 is 0 Å². The molecule has 0 bridgehead atoms. The van der Waals surface area contributed by atoms with Gasteiger partial charge < -0.3 is 5.32 Å². The third kappa shape index (κ3) is 3.94. The summed E-state index contributed by atoms with van der Waals surface area (Å²) < 4.78 is 14.2. The van der Waals surface area contributed by atoms with Crippen molar-refractivity contribution in [2.24, 2.45) is 0 Å². The number of benzene rings is 1. The summed E-state index contributed by atoms with van der Waals surface area (Å²) in [6.07, 6.45) is 4.47. The first kappa shape index (κ1) is 15.7. The van der Waals surface area contributed by atoms with Gasteiger partial charge in [0.2, 0.25) is 0 Å². The second-order valence-corrected chi connectivity index (χ2v) is 5.84. The van der Waals surface area contributed by atoms with E-state index in [4.69, 9.17) is 11.6 Å². The molecule has 1 aliphatic heterocycles. The number of unbranched alkanes of at least 4 members (excludes halogenated alkanes) is 2. The maximum Gasteiger partial charge on any atom is 0.129 e. The Morgan fingerprint density at radius 3 is 2.70 bits per heavy atom. The Morgan fingerprint density at radius 1 is 1.30 bits per heavy atom. The Labute approximate surface area is 126 Å². The average Bonchev–Trinajstić information content (AvgIpc) is 2.46. The van der Waals surface area contributed by atoms with Crippen molar-refractivity contribution >= 4 is 11.6 Å². The van der Waals surface area contributed by atoms with Gasteiger partial charge in [-0.3, -0.25) is 4.90 Å². The van der Waals surface area contributed by atoms with Crippen molar-refractivity contribution in [2.45, 2.75) is 38.6 Å². The molecule has 0 saturated carbocycles. The van der Waals surface area contributed by atoms with Crippen LogP contribution in [0.25, 0.3) is 0 Å². The highest BCUT2D eigenvalue weighted by Gasteiger charge is 2.26. The number of nitrogens with one attached hydrogen (secondary N) is 1. The van der Waals surface area contributed by atoms with Gasteiger partial charge in [-0.05, 0) is 18.6 Å². The van der Waals surface area contributed by atoms with Crippen LogP contribution in [-0.4, -0.2) is 31.1 Å². The quantitative estimate of drug-likeness (QED) is 0.799. The van der Waals surface area contributed by atoms with E-state index in [0.29, 0.717) is 10.6 Å². The Kier molecular flexibility index (Phi) is 6.27. The summed E-state index contributed by atoms with van der Waals surface area (Å²) in [6.45, 7) is 6.05. The summed E-state index contributed by atoms with van der Waals surface area (Å²) in [5.41, 5.74) is 0.687. The lowest BCUT2D eigenvalue weighted by molar-refractivity contribution is 0.159. The Balaban J connectivity index is 2.20. The molecule has 2 rings (SSSR count).